The lowest BCUT2D eigenvalue weighted by atomic mass is 10.4. The van der Waals surface area contributed by atoms with Gasteiger partial charge in [-0.15, -0.1) is 0 Å². The van der Waals surface area contributed by atoms with Gasteiger partial charge in [0.25, 0.3) is 0 Å². The van der Waals surface area contributed by atoms with E-state index in [0.717, 1.165) is 0 Å². The smallest absolute Gasteiger partial charge is 0.406 e. The van der Waals surface area contributed by atoms with E-state index >= 15 is 0 Å². The van der Waals surface area contributed by atoms with Crippen LogP contribution in [0.1, 0.15) is 27.7 Å². The number of hydrogen-bond acceptors (Lipinski definition) is 6. The summed E-state index contributed by atoms with van der Waals surface area (Å²) >= 11 is 10.8. The van der Waals surface area contributed by atoms with Crippen LogP contribution in [0.4, 0.5) is 0 Å². The Morgan fingerprint density at radius 3 is 2.09 bits per heavy atom. The highest BCUT2D eigenvalue weighted by Crippen LogP contribution is 2.46. The lowest BCUT2D eigenvalue weighted by Gasteiger charge is -2.19. The van der Waals surface area contributed by atoms with Gasteiger partial charge in [-0.2, -0.15) is 0 Å². The first-order chi connectivity index (χ1) is 10.0. The van der Waals surface area contributed by atoms with E-state index in [0.29, 0.717) is 0 Å². The first-order valence-electron chi connectivity index (χ1n) is 6.63. The van der Waals surface area contributed by atoms with Crippen LogP contribution in [-0.2, 0) is 23.1 Å². The van der Waals surface area contributed by atoms with Crippen LogP contribution in [-0.4, -0.2) is 48.1 Å². The largest absolute Gasteiger partial charge is 0.527 e. The molecule has 0 bridgehead atoms. The van der Waals surface area contributed by atoms with Gasteiger partial charge in [-0.25, -0.2) is 4.57 Å². The minimum atomic E-state index is -4.30. The lowest BCUT2D eigenvalue weighted by molar-refractivity contribution is -0.0617. The van der Waals surface area contributed by atoms with Gasteiger partial charge in [0.2, 0.25) is 0 Å². The Labute approximate surface area is 140 Å². The molecular formula is C12H23Cl2O7P. The maximum Gasteiger partial charge on any atom is 0.527 e. The van der Waals surface area contributed by atoms with Gasteiger partial charge in [-0.1, -0.05) is 23.2 Å². The highest BCUT2D eigenvalue weighted by atomic mass is 35.5. The number of ether oxygens (including phenoxy) is 2. The third kappa shape index (κ3) is 11.7. The maximum atomic E-state index is 11.6. The molecule has 0 aliphatic rings. The maximum absolute atomic E-state index is 11.6. The molecule has 4 atom stereocenters. The van der Waals surface area contributed by atoms with Crippen LogP contribution in [0.2, 0.25) is 0 Å². The molecular weight excluding hydrogens is 358 g/mol. The zero-order valence-electron chi connectivity index (χ0n) is 13.0. The molecule has 0 aromatic heterocycles. The fourth-order valence-electron chi connectivity index (χ4n) is 1.13. The highest BCUT2D eigenvalue weighted by Gasteiger charge is 2.25. The summed E-state index contributed by atoms with van der Waals surface area (Å²) in [4.78, 5) is 9.46. The normalized spacial score (nSPS) is 18.2. The molecule has 10 heteroatoms. The summed E-state index contributed by atoms with van der Waals surface area (Å²) in [5.74, 6) is -0.108. The van der Waals surface area contributed by atoms with E-state index in [2.05, 4.69) is 4.52 Å². The van der Waals surface area contributed by atoms with Crippen molar-refractivity contribution in [1.29, 1.82) is 0 Å². The molecule has 0 spiro atoms. The molecule has 0 radical (unpaired) electrons. The molecule has 0 aromatic carbocycles. The second kappa shape index (κ2) is 10.8. The summed E-state index contributed by atoms with van der Waals surface area (Å²) in [7, 11) is -4.30. The quantitative estimate of drug-likeness (QED) is 0.420. The molecule has 0 saturated heterocycles. The van der Waals surface area contributed by atoms with Gasteiger partial charge in [0.15, 0.2) is 0 Å². The van der Waals surface area contributed by atoms with Crippen molar-refractivity contribution in [2.75, 3.05) is 19.8 Å². The van der Waals surface area contributed by atoms with Crippen molar-refractivity contribution >= 4 is 31.0 Å². The van der Waals surface area contributed by atoms with Crippen molar-refractivity contribution in [1.82, 2.24) is 0 Å². The second-order valence-electron chi connectivity index (χ2n) is 4.81. The topological polar surface area (TPSA) is 94.5 Å². The summed E-state index contributed by atoms with van der Waals surface area (Å²) in [5.41, 5.74) is 0. The van der Waals surface area contributed by atoms with Crippen LogP contribution >= 0.6 is 31.0 Å². The number of rotatable bonds is 11. The fraction of sp³-hybridized carbons (Fsp3) is 0.833. The van der Waals surface area contributed by atoms with Crippen molar-refractivity contribution in [3.8, 4) is 0 Å². The third-order valence-electron chi connectivity index (χ3n) is 2.23. The van der Waals surface area contributed by atoms with E-state index in [4.69, 9.17) is 42.3 Å². The Hall–Kier alpha value is 0.150. The predicted molar refractivity (Wildman–Crippen MR) is 83.8 cm³/mol. The molecule has 0 aromatic rings. The van der Waals surface area contributed by atoms with Gasteiger partial charge in [0.1, 0.15) is 10.3 Å². The van der Waals surface area contributed by atoms with Crippen molar-refractivity contribution < 1.29 is 33.1 Å². The number of aliphatic hydroxyl groups is 1. The number of allylic oxidation sites excluding steroid dienone is 1. The summed E-state index contributed by atoms with van der Waals surface area (Å²) in [5, 5.41) is 9.08. The van der Waals surface area contributed by atoms with E-state index in [-0.39, 0.29) is 36.2 Å². The average molecular weight is 381 g/mol. The van der Waals surface area contributed by atoms with E-state index in [1.165, 1.54) is 6.92 Å². The molecule has 4 unspecified atom stereocenters. The molecule has 0 saturated carbocycles. The molecule has 0 aliphatic carbocycles. The van der Waals surface area contributed by atoms with Crippen LogP contribution in [0.25, 0.3) is 0 Å². The number of halogens is 2. The monoisotopic (exact) mass is 380 g/mol. The first kappa shape index (κ1) is 22.1. The number of aliphatic hydroxyl groups excluding tert-OH is 1. The van der Waals surface area contributed by atoms with Crippen LogP contribution in [0.3, 0.4) is 0 Å². The molecule has 0 aliphatic heterocycles. The van der Waals surface area contributed by atoms with E-state index in [1.54, 1.807) is 20.8 Å². The zero-order valence-corrected chi connectivity index (χ0v) is 15.4. The summed E-state index contributed by atoms with van der Waals surface area (Å²) < 4.78 is 31.5. The Bertz CT molecular complexity index is 399. The molecule has 0 amide bonds. The standard InChI is InChI=1S/C12H23Cl2O7P/c1-8(15)5-18-9(2)6-19-10(3)7-20-22(16,17)21-11(4)12(13)14/h8-10,15H,5-7H2,1-4H3,(H,16,17). The highest BCUT2D eigenvalue weighted by molar-refractivity contribution is 7.47. The fourth-order valence-corrected chi connectivity index (χ4v) is 2.21. The molecule has 0 rings (SSSR count). The SMILES string of the molecule is CC(OP(=O)(O)OCC(C)OCC(C)OCC(C)O)=C(Cl)Cl. The molecule has 132 valence electrons. The predicted octanol–water partition coefficient (Wildman–Crippen LogP) is 2.98. The summed E-state index contributed by atoms with van der Waals surface area (Å²) in [6.07, 6.45) is -1.24. The minimum absolute atomic E-state index is 0.108. The molecule has 7 nitrogen and oxygen atoms in total. The van der Waals surface area contributed by atoms with Crippen LogP contribution in [0, 0.1) is 0 Å². The number of hydrogen-bond donors (Lipinski definition) is 2. The van der Waals surface area contributed by atoms with Gasteiger partial charge >= 0.3 is 7.82 Å². The Kier molecular flexibility index (Phi) is 10.9. The van der Waals surface area contributed by atoms with Gasteiger partial charge in [0.05, 0.1) is 38.1 Å². The Morgan fingerprint density at radius 1 is 1.09 bits per heavy atom. The van der Waals surface area contributed by atoms with Crippen LogP contribution < -0.4 is 0 Å². The second-order valence-corrected chi connectivity index (χ2v) is 7.14. The summed E-state index contributed by atoms with van der Waals surface area (Å²) in [6, 6.07) is 0. The molecule has 2 N–H and O–H groups in total. The first-order valence-corrected chi connectivity index (χ1v) is 8.88. The van der Waals surface area contributed by atoms with E-state index < -0.39 is 20.0 Å². The van der Waals surface area contributed by atoms with Crippen LogP contribution in [0.15, 0.2) is 10.3 Å². The summed E-state index contributed by atoms with van der Waals surface area (Å²) in [6.45, 7) is 6.70. The van der Waals surface area contributed by atoms with Crippen molar-refractivity contribution in [2.24, 2.45) is 0 Å². The van der Waals surface area contributed by atoms with Crippen molar-refractivity contribution in [2.45, 2.75) is 46.0 Å². The Balaban J connectivity index is 4.05. The number of phosphoric ester groups is 1. The van der Waals surface area contributed by atoms with E-state index in [9.17, 15) is 9.46 Å². The van der Waals surface area contributed by atoms with Gasteiger partial charge < -0.3 is 19.1 Å². The van der Waals surface area contributed by atoms with Crippen molar-refractivity contribution in [3.05, 3.63) is 10.3 Å². The molecule has 22 heavy (non-hydrogen) atoms. The van der Waals surface area contributed by atoms with Gasteiger partial charge in [-0.3, -0.25) is 9.42 Å². The van der Waals surface area contributed by atoms with Crippen molar-refractivity contribution in [3.63, 3.8) is 0 Å². The van der Waals surface area contributed by atoms with Gasteiger partial charge in [-0.05, 0) is 27.7 Å². The minimum Gasteiger partial charge on any atom is -0.406 e. The molecule has 0 fully saturated rings. The third-order valence-corrected chi connectivity index (χ3v) is 3.74. The molecule has 0 heterocycles. The van der Waals surface area contributed by atoms with Crippen LogP contribution in [0.5, 0.6) is 0 Å². The average Bonchev–Trinajstić information content (AvgIpc) is 2.40. The lowest BCUT2D eigenvalue weighted by Crippen LogP contribution is -2.25. The van der Waals surface area contributed by atoms with E-state index in [1.807, 2.05) is 0 Å². The van der Waals surface area contributed by atoms with Gasteiger partial charge in [0, 0.05) is 0 Å². The Morgan fingerprint density at radius 2 is 1.59 bits per heavy atom. The zero-order chi connectivity index (χ0) is 17.3. The number of phosphoric acid groups is 1.